The molecular weight excluding hydrogens is 352 g/mol. The zero-order valence-corrected chi connectivity index (χ0v) is 13.7. The van der Waals surface area contributed by atoms with Crippen LogP contribution in [0, 0.1) is 0 Å². The van der Waals surface area contributed by atoms with Crippen molar-refractivity contribution in [3.8, 4) is 0 Å². The van der Waals surface area contributed by atoms with Gasteiger partial charge in [0.2, 0.25) is 0 Å². The summed E-state index contributed by atoms with van der Waals surface area (Å²) in [5, 5.41) is 0. The zero-order valence-electron chi connectivity index (χ0n) is 11.3. The smallest absolute Gasteiger partial charge is 0.185 e. The molecule has 5 heteroatoms. The van der Waals surface area contributed by atoms with Crippen molar-refractivity contribution in [2.45, 2.75) is 4.90 Å². The van der Waals surface area contributed by atoms with Gasteiger partial charge in [0, 0.05) is 16.3 Å². The van der Waals surface area contributed by atoms with Gasteiger partial charge in [0.05, 0.1) is 4.90 Å². The van der Waals surface area contributed by atoms with Crippen LogP contribution in [0.3, 0.4) is 0 Å². The van der Waals surface area contributed by atoms with E-state index >= 15 is 0 Å². The van der Waals surface area contributed by atoms with Gasteiger partial charge in [0.1, 0.15) is 0 Å². The molecule has 0 saturated heterocycles. The van der Waals surface area contributed by atoms with Gasteiger partial charge in [0.15, 0.2) is 15.6 Å². The van der Waals surface area contributed by atoms with Crippen molar-refractivity contribution < 1.29 is 13.2 Å². The minimum absolute atomic E-state index is 0.169. The van der Waals surface area contributed by atoms with Crippen LogP contribution in [0.25, 0.3) is 6.08 Å². The molecule has 0 bridgehead atoms. The van der Waals surface area contributed by atoms with Crippen LogP contribution in [0.1, 0.15) is 15.9 Å². The van der Waals surface area contributed by atoms with Crippen molar-refractivity contribution >= 4 is 37.6 Å². The lowest BCUT2D eigenvalue weighted by atomic mass is 10.1. The molecule has 3 nitrogen and oxygen atoms in total. The molecule has 0 radical (unpaired) electrons. The van der Waals surface area contributed by atoms with Crippen LogP contribution in [-0.2, 0) is 9.84 Å². The van der Waals surface area contributed by atoms with E-state index in [1.807, 2.05) is 24.3 Å². The Balaban J connectivity index is 2.15. The number of allylic oxidation sites excluding steroid dienone is 1. The van der Waals surface area contributed by atoms with Crippen LogP contribution in [0.15, 0.2) is 64.0 Å². The number of halogens is 1. The lowest BCUT2D eigenvalue weighted by molar-refractivity contribution is 0.104. The molecule has 0 spiro atoms. The van der Waals surface area contributed by atoms with Crippen LogP contribution >= 0.6 is 15.9 Å². The summed E-state index contributed by atoms with van der Waals surface area (Å²) in [6, 6.07) is 13.5. The molecule has 108 valence electrons. The molecule has 21 heavy (non-hydrogen) atoms. The second-order valence-corrected chi connectivity index (χ2v) is 7.48. The molecule has 0 aromatic heterocycles. The monoisotopic (exact) mass is 364 g/mol. The van der Waals surface area contributed by atoms with Crippen LogP contribution in [0.5, 0.6) is 0 Å². The SMILES string of the molecule is CS(=O)(=O)c1ccc(C(=O)/C=C/c2ccc(Br)cc2)cc1. The van der Waals surface area contributed by atoms with Crippen molar-refractivity contribution in [2.75, 3.05) is 6.26 Å². The molecule has 0 aliphatic rings. The predicted octanol–water partition coefficient (Wildman–Crippen LogP) is 3.75. The van der Waals surface area contributed by atoms with E-state index < -0.39 is 9.84 Å². The summed E-state index contributed by atoms with van der Waals surface area (Å²) in [6.45, 7) is 0. The van der Waals surface area contributed by atoms with Gasteiger partial charge < -0.3 is 0 Å². The maximum absolute atomic E-state index is 12.0. The normalized spacial score (nSPS) is 11.7. The number of benzene rings is 2. The highest BCUT2D eigenvalue weighted by atomic mass is 79.9. The highest BCUT2D eigenvalue weighted by Gasteiger charge is 2.08. The fraction of sp³-hybridized carbons (Fsp3) is 0.0625. The van der Waals surface area contributed by atoms with Gasteiger partial charge in [-0.25, -0.2) is 8.42 Å². The second-order valence-electron chi connectivity index (χ2n) is 4.55. The quantitative estimate of drug-likeness (QED) is 0.613. The van der Waals surface area contributed by atoms with E-state index in [2.05, 4.69) is 15.9 Å². The molecule has 0 unspecified atom stereocenters. The van der Waals surface area contributed by atoms with E-state index in [9.17, 15) is 13.2 Å². The summed E-state index contributed by atoms with van der Waals surface area (Å²) in [6.07, 6.45) is 4.33. The highest BCUT2D eigenvalue weighted by molar-refractivity contribution is 9.10. The largest absolute Gasteiger partial charge is 0.289 e. The van der Waals surface area contributed by atoms with Gasteiger partial charge in [-0.05, 0) is 48.0 Å². The Hall–Kier alpha value is -1.72. The topological polar surface area (TPSA) is 51.2 Å². The summed E-state index contributed by atoms with van der Waals surface area (Å²) in [4.78, 5) is 12.2. The van der Waals surface area contributed by atoms with Crippen molar-refractivity contribution in [1.82, 2.24) is 0 Å². The molecular formula is C16H13BrO3S. The average Bonchev–Trinajstić information content (AvgIpc) is 2.45. The molecule has 0 saturated carbocycles. The predicted molar refractivity (Wildman–Crippen MR) is 87.1 cm³/mol. The number of rotatable bonds is 4. The van der Waals surface area contributed by atoms with Crippen molar-refractivity contribution in [1.29, 1.82) is 0 Å². The number of sulfone groups is 1. The fourth-order valence-electron chi connectivity index (χ4n) is 1.71. The molecule has 0 N–H and O–H groups in total. The van der Waals surface area contributed by atoms with Gasteiger partial charge >= 0.3 is 0 Å². The van der Waals surface area contributed by atoms with Crippen LogP contribution in [0.4, 0.5) is 0 Å². The van der Waals surface area contributed by atoms with Crippen molar-refractivity contribution in [3.63, 3.8) is 0 Å². The number of carbonyl (C=O) groups is 1. The van der Waals surface area contributed by atoms with E-state index in [0.717, 1.165) is 16.3 Å². The summed E-state index contributed by atoms with van der Waals surface area (Å²) in [5.41, 5.74) is 1.37. The van der Waals surface area contributed by atoms with Crippen molar-refractivity contribution in [2.24, 2.45) is 0 Å². The Morgan fingerprint density at radius 3 is 2.10 bits per heavy atom. The van der Waals surface area contributed by atoms with Gasteiger partial charge in [-0.1, -0.05) is 34.1 Å². The van der Waals surface area contributed by atoms with E-state index in [0.29, 0.717) is 5.56 Å². The first-order valence-corrected chi connectivity index (χ1v) is 8.83. The second kappa shape index (κ2) is 6.37. The fourth-order valence-corrected chi connectivity index (χ4v) is 2.60. The van der Waals surface area contributed by atoms with E-state index in [4.69, 9.17) is 0 Å². The minimum Gasteiger partial charge on any atom is -0.289 e. The van der Waals surface area contributed by atoms with E-state index in [-0.39, 0.29) is 10.7 Å². The van der Waals surface area contributed by atoms with Gasteiger partial charge in [-0.3, -0.25) is 4.79 Å². The Kier molecular flexibility index (Phi) is 4.75. The molecule has 2 aromatic carbocycles. The first kappa shape index (κ1) is 15.7. The molecule has 0 amide bonds. The standard InChI is InChI=1S/C16H13BrO3S/c1-21(19,20)15-9-5-13(6-10-15)16(18)11-4-12-2-7-14(17)8-3-12/h2-11H,1H3/b11-4+. The molecule has 2 rings (SSSR count). The van der Waals surface area contributed by atoms with E-state index in [1.165, 1.54) is 30.3 Å². The van der Waals surface area contributed by atoms with Gasteiger partial charge in [0.25, 0.3) is 0 Å². The van der Waals surface area contributed by atoms with Gasteiger partial charge in [-0.15, -0.1) is 0 Å². The van der Waals surface area contributed by atoms with Crippen molar-refractivity contribution in [3.05, 3.63) is 70.2 Å². The average molecular weight is 365 g/mol. The highest BCUT2D eigenvalue weighted by Crippen LogP contribution is 2.13. The summed E-state index contributed by atoms with van der Waals surface area (Å²) in [7, 11) is -3.24. The van der Waals surface area contributed by atoms with Crippen LogP contribution < -0.4 is 0 Å². The Bertz CT molecular complexity index is 773. The molecule has 0 aliphatic carbocycles. The number of hydrogen-bond acceptors (Lipinski definition) is 3. The molecule has 2 aromatic rings. The first-order chi connectivity index (χ1) is 9.86. The molecule has 0 atom stereocenters. The summed E-state index contributed by atoms with van der Waals surface area (Å²) < 4.78 is 23.7. The lowest BCUT2D eigenvalue weighted by Gasteiger charge is -2.00. The van der Waals surface area contributed by atoms with E-state index in [1.54, 1.807) is 6.08 Å². The number of carbonyl (C=O) groups excluding carboxylic acids is 1. The third kappa shape index (κ3) is 4.37. The molecule has 0 aliphatic heterocycles. The maximum Gasteiger partial charge on any atom is 0.185 e. The van der Waals surface area contributed by atoms with Gasteiger partial charge in [-0.2, -0.15) is 0 Å². The third-order valence-electron chi connectivity index (χ3n) is 2.86. The molecule has 0 heterocycles. The Labute approximate surface area is 132 Å². The Morgan fingerprint density at radius 2 is 1.57 bits per heavy atom. The lowest BCUT2D eigenvalue weighted by Crippen LogP contribution is -1.99. The first-order valence-electron chi connectivity index (χ1n) is 6.14. The molecule has 0 fully saturated rings. The minimum atomic E-state index is -3.24. The summed E-state index contributed by atoms with van der Waals surface area (Å²) >= 11 is 3.34. The maximum atomic E-state index is 12.0. The zero-order chi connectivity index (χ0) is 15.5. The summed E-state index contributed by atoms with van der Waals surface area (Å²) in [5.74, 6) is -0.169. The van der Waals surface area contributed by atoms with Crippen LogP contribution in [0.2, 0.25) is 0 Å². The number of ketones is 1. The number of hydrogen-bond donors (Lipinski definition) is 0. The third-order valence-corrected chi connectivity index (χ3v) is 4.52. The van der Waals surface area contributed by atoms with Crippen LogP contribution in [-0.4, -0.2) is 20.5 Å². The Morgan fingerprint density at radius 1 is 1.00 bits per heavy atom.